The lowest BCUT2D eigenvalue weighted by Crippen LogP contribution is -2.27. The van der Waals surface area contributed by atoms with Gasteiger partial charge in [-0.3, -0.25) is 4.99 Å². The minimum atomic E-state index is 0.302. The highest BCUT2D eigenvalue weighted by molar-refractivity contribution is 9.10. The normalized spacial score (nSPS) is 18.1. The Morgan fingerprint density at radius 1 is 1.44 bits per heavy atom. The molecule has 5 heteroatoms. The molecule has 18 heavy (non-hydrogen) atoms. The summed E-state index contributed by atoms with van der Waals surface area (Å²) < 4.78 is 6.15. The second-order valence-corrected chi connectivity index (χ2v) is 6.87. The summed E-state index contributed by atoms with van der Waals surface area (Å²) in [5.41, 5.74) is 1.32. The number of ether oxygens (including phenoxy) is 1. The Morgan fingerprint density at radius 2 is 2.22 bits per heavy atom. The topological polar surface area (TPSA) is 33.6 Å². The molecule has 0 aromatic heterocycles. The fourth-order valence-electron chi connectivity index (χ4n) is 1.58. The number of rotatable bonds is 2. The predicted molar refractivity (Wildman–Crippen MR) is 82.9 cm³/mol. The zero-order valence-electron chi connectivity index (χ0n) is 10.8. The van der Waals surface area contributed by atoms with E-state index in [1.165, 1.54) is 0 Å². The summed E-state index contributed by atoms with van der Waals surface area (Å²) in [6.45, 7) is 5.36. The van der Waals surface area contributed by atoms with Crippen LogP contribution in [0.15, 0.2) is 27.7 Å². The molecule has 0 saturated heterocycles. The Labute approximate surface area is 121 Å². The molecule has 1 aromatic rings. The van der Waals surface area contributed by atoms with E-state index >= 15 is 0 Å². The third kappa shape index (κ3) is 3.42. The molecule has 1 aliphatic heterocycles. The number of hydrogen-bond acceptors (Lipinski definition) is 4. The Morgan fingerprint density at radius 3 is 2.78 bits per heavy atom. The molecule has 0 amide bonds. The van der Waals surface area contributed by atoms with Crippen molar-refractivity contribution in [2.75, 3.05) is 24.7 Å². The van der Waals surface area contributed by atoms with Gasteiger partial charge in [-0.2, -0.15) is 0 Å². The minimum Gasteiger partial charge on any atom is -0.496 e. The fraction of sp³-hybridized carbons (Fsp3) is 0.462. The molecule has 3 nitrogen and oxygen atoms in total. The molecular weight excluding hydrogens is 312 g/mol. The number of amidine groups is 1. The maximum absolute atomic E-state index is 5.21. The molecule has 0 radical (unpaired) electrons. The molecule has 0 aliphatic carbocycles. The van der Waals surface area contributed by atoms with Crippen molar-refractivity contribution in [1.82, 2.24) is 0 Å². The van der Waals surface area contributed by atoms with E-state index in [4.69, 9.17) is 4.74 Å². The summed E-state index contributed by atoms with van der Waals surface area (Å²) in [4.78, 5) is 4.57. The highest BCUT2D eigenvalue weighted by Crippen LogP contribution is 2.31. The van der Waals surface area contributed by atoms with Gasteiger partial charge in [0, 0.05) is 18.0 Å². The van der Waals surface area contributed by atoms with Gasteiger partial charge in [0.2, 0.25) is 0 Å². The van der Waals surface area contributed by atoms with E-state index in [1.807, 2.05) is 18.2 Å². The number of halogens is 1. The molecule has 1 heterocycles. The number of aliphatic imine (C=N–C) groups is 1. The van der Waals surface area contributed by atoms with Crippen LogP contribution in [0.3, 0.4) is 0 Å². The summed E-state index contributed by atoms with van der Waals surface area (Å²) >= 11 is 5.25. The van der Waals surface area contributed by atoms with Crippen molar-refractivity contribution in [1.29, 1.82) is 0 Å². The smallest absolute Gasteiger partial charge is 0.161 e. The quantitative estimate of drug-likeness (QED) is 0.890. The molecule has 98 valence electrons. The van der Waals surface area contributed by atoms with Crippen LogP contribution in [0.1, 0.15) is 13.8 Å². The highest BCUT2D eigenvalue weighted by Gasteiger charge is 2.23. The van der Waals surface area contributed by atoms with E-state index < -0.39 is 0 Å². The van der Waals surface area contributed by atoms with Gasteiger partial charge in [-0.1, -0.05) is 25.6 Å². The Hall–Kier alpha value is -0.680. The largest absolute Gasteiger partial charge is 0.496 e. The molecule has 0 spiro atoms. The average molecular weight is 329 g/mol. The summed E-state index contributed by atoms with van der Waals surface area (Å²) in [6, 6.07) is 5.93. The van der Waals surface area contributed by atoms with Crippen LogP contribution in [-0.4, -0.2) is 24.6 Å². The molecule has 0 saturated carbocycles. The number of anilines is 1. The second-order valence-electron chi connectivity index (χ2n) is 5.05. The van der Waals surface area contributed by atoms with Gasteiger partial charge in [0.25, 0.3) is 0 Å². The third-order valence-electron chi connectivity index (χ3n) is 2.65. The van der Waals surface area contributed by atoms with Crippen molar-refractivity contribution < 1.29 is 4.74 Å². The van der Waals surface area contributed by atoms with Gasteiger partial charge < -0.3 is 10.1 Å². The zero-order chi connectivity index (χ0) is 13.2. The van der Waals surface area contributed by atoms with Gasteiger partial charge in [-0.25, -0.2) is 0 Å². The van der Waals surface area contributed by atoms with Crippen molar-refractivity contribution in [3.63, 3.8) is 0 Å². The third-order valence-corrected chi connectivity index (χ3v) is 4.70. The lowest BCUT2D eigenvalue weighted by atomic mass is 9.97. The van der Waals surface area contributed by atoms with E-state index in [2.05, 4.69) is 40.1 Å². The van der Waals surface area contributed by atoms with Crippen molar-refractivity contribution in [3.8, 4) is 5.75 Å². The number of nitrogens with one attached hydrogen (secondary N) is 1. The maximum atomic E-state index is 5.21. The van der Waals surface area contributed by atoms with Crippen molar-refractivity contribution in [2.45, 2.75) is 13.8 Å². The van der Waals surface area contributed by atoms with Crippen molar-refractivity contribution in [3.05, 3.63) is 22.7 Å². The molecule has 2 rings (SSSR count). The minimum absolute atomic E-state index is 0.302. The fourth-order valence-corrected chi connectivity index (χ4v) is 3.09. The van der Waals surface area contributed by atoms with Crippen LogP contribution in [-0.2, 0) is 0 Å². The predicted octanol–water partition coefficient (Wildman–Crippen LogP) is 4.00. The van der Waals surface area contributed by atoms with Gasteiger partial charge >= 0.3 is 0 Å². The number of methoxy groups -OCH3 is 1. The Balaban J connectivity index is 2.06. The van der Waals surface area contributed by atoms with Crippen LogP contribution in [0.5, 0.6) is 5.75 Å². The molecule has 0 fully saturated rings. The first-order valence-corrected chi connectivity index (χ1v) is 7.56. The van der Waals surface area contributed by atoms with E-state index in [0.29, 0.717) is 5.41 Å². The first-order valence-electron chi connectivity index (χ1n) is 5.78. The van der Waals surface area contributed by atoms with Crippen LogP contribution >= 0.6 is 27.7 Å². The monoisotopic (exact) mass is 328 g/mol. The van der Waals surface area contributed by atoms with E-state index in [9.17, 15) is 0 Å². The lowest BCUT2D eigenvalue weighted by Gasteiger charge is -2.27. The van der Waals surface area contributed by atoms with Gasteiger partial charge in [-0.05, 0) is 39.5 Å². The molecule has 1 N–H and O–H groups in total. The molecule has 0 unspecified atom stereocenters. The van der Waals surface area contributed by atoms with Crippen molar-refractivity contribution >= 4 is 38.5 Å². The van der Waals surface area contributed by atoms with Crippen LogP contribution in [0.2, 0.25) is 0 Å². The Bertz CT molecular complexity index is 474. The van der Waals surface area contributed by atoms with Crippen LogP contribution < -0.4 is 10.1 Å². The summed E-state index contributed by atoms with van der Waals surface area (Å²) in [5.74, 6) is 1.93. The second kappa shape index (κ2) is 5.53. The summed E-state index contributed by atoms with van der Waals surface area (Å²) in [6.07, 6.45) is 0. The van der Waals surface area contributed by atoms with Crippen molar-refractivity contribution in [2.24, 2.45) is 10.4 Å². The number of nitrogens with zero attached hydrogens (tertiary/aromatic N) is 1. The van der Waals surface area contributed by atoms with Gasteiger partial charge in [-0.15, -0.1) is 0 Å². The van der Waals surface area contributed by atoms with E-state index in [0.717, 1.165) is 33.4 Å². The van der Waals surface area contributed by atoms with Crippen LogP contribution in [0, 0.1) is 5.41 Å². The standard InChI is InChI=1S/C13H17BrN2OS/c1-13(2)7-15-12(18-8-13)16-9-4-5-11(17-3)10(14)6-9/h4-6H,7-8H2,1-3H3,(H,15,16). The lowest BCUT2D eigenvalue weighted by molar-refractivity contribution is 0.412. The van der Waals surface area contributed by atoms with Gasteiger partial charge in [0.1, 0.15) is 5.75 Å². The molecule has 0 atom stereocenters. The number of benzene rings is 1. The SMILES string of the molecule is COc1ccc(NC2=NCC(C)(C)CS2)cc1Br. The van der Waals surface area contributed by atoms with Crippen LogP contribution in [0.4, 0.5) is 5.69 Å². The van der Waals surface area contributed by atoms with E-state index in [-0.39, 0.29) is 0 Å². The molecule has 1 aromatic carbocycles. The highest BCUT2D eigenvalue weighted by atomic mass is 79.9. The summed E-state index contributed by atoms with van der Waals surface area (Å²) in [7, 11) is 1.66. The molecule has 0 bridgehead atoms. The number of hydrogen-bond donors (Lipinski definition) is 1. The van der Waals surface area contributed by atoms with Crippen LogP contribution in [0.25, 0.3) is 0 Å². The summed E-state index contributed by atoms with van der Waals surface area (Å²) in [5, 5.41) is 4.33. The molecular formula is C13H17BrN2OS. The van der Waals surface area contributed by atoms with E-state index in [1.54, 1.807) is 18.9 Å². The van der Waals surface area contributed by atoms with Gasteiger partial charge in [0.15, 0.2) is 5.17 Å². The maximum Gasteiger partial charge on any atom is 0.161 e. The van der Waals surface area contributed by atoms with Gasteiger partial charge in [0.05, 0.1) is 11.6 Å². The molecule has 1 aliphatic rings. The first-order chi connectivity index (χ1) is 8.50. The first kappa shape index (κ1) is 13.7. The average Bonchev–Trinajstić information content (AvgIpc) is 2.32. The Kier molecular flexibility index (Phi) is 4.22. The zero-order valence-corrected chi connectivity index (χ0v) is 13.2. The number of thioether (sulfide) groups is 1.